The highest BCUT2D eigenvalue weighted by atomic mass is 32.1. The SMILES string of the molecule is CCN(CC(F)(F)F)C(=O)c1sccc1C#CCCO. The normalized spacial score (nSPS) is 10.8. The van der Waals surface area contributed by atoms with Gasteiger partial charge in [0.2, 0.25) is 0 Å². The Morgan fingerprint density at radius 3 is 2.75 bits per heavy atom. The molecule has 0 aliphatic rings. The van der Waals surface area contributed by atoms with Crippen LogP contribution in [0.1, 0.15) is 28.6 Å². The van der Waals surface area contributed by atoms with Gasteiger partial charge in [-0.1, -0.05) is 11.8 Å². The fraction of sp³-hybridized carbons (Fsp3) is 0.462. The summed E-state index contributed by atoms with van der Waals surface area (Å²) in [5, 5.41) is 10.2. The van der Waals surface area contributed by atoms with Crippen LogP contribution in [0, 0.1) is 11.8 Å². The summed E-state index contributed by atoms with van der Waals surface area (Å²) in [5.41, 5.74) is 0.397. The molecule has 1 rings (SSSR count). The Morgan fingerprint density at radius 2 is 2.20 bits per heavy atom. The van der Waals surface area contributed by atoms with Crippen molar-refractivity contribution < 1.29 is 23.1 Å². The van der Waals surface area contributed by atoms with Crippen LogP contribution in [0.2, 0.25) is 0 Å². The van der Waals surface area contributed by atoms with Gasteiger partial charge in [0, 0.05) is 18.5 Å². The summed E-state index contributed by atoms with van der Waals surface area (Å²) in [4.78, 5) is 13.0. The Kier molecular flexibility index (Phi) is 6.05. The van der Waals surface area contributed by atoms with Crippen molar-refractivity contribution in [1.29, 1.82) is 0 Å². The Hall–Kier alpha value is -1.52. The number of carbonyl (C=O) groups is 1. The lowest BCUT2D eigenvalue weighted by Gasteiger charge is -2.21. The monoisotopic (exact) mass is 305 g/mol. The third-order valence-electron chi connectivity index (χ3n) is 2.36. The molecule has 0 unspecified atom stereocenters. The van der Waals surface area contributed by atoms with Gasteiger partial charge >= 0.3 is 6.18 Å². The van der Waals surface area contributed by atoms with Gasteiger partial charge in [0.1, 0.15) is 11.4 Å². The van der Waals surface area contributed by atoms with Crippen LogP contribution in [-0.4, -0.2) is 41.8 Å². The minimum atomic E-state index is -4.42. The zero-order valence-corrected chi connectivity index (χ0v) is 11.6. The van der Waals surface area contributed by atoms with E-state index in [0.717, 1.165) is 16.2 Å². The molecule has 0 aliphatic carbocycles. The first-order valence-corrected chi connectivity index (χ1v) is 6.80. The Morgan fingerprint density at radius 1 is 1.50 bits per heavy atom. The van der Waals surface area contributed by atoms with E-state index < -0.39 is 18.6 Å². The number of aliphatic hydroxyl groups is 1. The van der Waals surface area contributed by atoms with Crippen LogP contribution in [0.3, 0.4) is 0 Å². The molecule has 1 heterocycles. The molecule has 0 saturated heterocycles. The van der Waals surface area contributed by atoms with Crippen molar-refractivity contribution in [3.8, 4) is 11.8 Å². The Labute approximate surface area is 119 Å². The van der Waals surface area contributed by atoms with Crippen LogP contribution < -0.4 is 0 Å². The molecular formula is C13H14F3NO2S. The average Bonchev–Trinajstić information content (AvgIpc) is 2.82. The molecule has 0 atom stereocenters. The molecule has 0 radical (unpaired) electrons. The highest BCUT2D eigenvalue weighted by Gasteiger charge is 2.33. The van der Waals surface area contributed by atoms with Crippen molar-refractivity contribution >= 4 is 17.2 Å². The van der Waals surface area contributed by atoms with E-state index in [-0.39, 0.29) is 24.4 Å². The van der Waals surface area contributed by atoms with E-state index in [1.54, 1.807) is 11.4 Å². The zero-order chi connectivity index (χ0) is 15.2. The highest BCUT2D eigenvalue weighted by Crippen LogP contribution is 2.22. The van der Waals surface area contributed by atoms with Gasteiger partial charge in [-0.15, -0.1) is 11.3 Å². The summed E-state index contributed by atoms with van der Waals surface area (Å²) in [5.74, 6) is 4.67. The lowest BCUT2D eigenvalue weighted by molar-refractivity contribution is -0.140. The molecule has 20 heavy (non-hydrogen) atoms. The molecule has 0 bridgehead atoms. The number of hydrogen-bond acceptors (Lipinski definition) is 3. The van der Waals surface area contributed by atoms with Gasteiger partial charge in [-0.3, -0.25) is 4.79 Å². The van der Waals surface area contributed by atoms with E-state index in [1.807, 2.05) is 0 Å². The Balaban J connectivity index is 2.92. The minimum Gasteiger partial charge on any atom is -0.395 e. The second kappa shape index (κ2) is 7.31. The minimum absolute atomic E-state index is 0.0280. The summed E-state index contributed by atoms with van der Waals surface area (Å²) < 4.78 is 37.2. The zero-order valence-electron chi connectivity index (χ0n) is 10.8. The molecule has 110 valence electrons. The van der Waals surface area contributed by atoms with Crippen molar-refractivity contribution in [2.24, 2.45) is 0 Å². The number of rotatable bonds is 4. The first-order chi connectivity index (χ1) is 9.39. The number of halogens is 3. The highest BCUT2D eigenvalue weighted by molar-refractivity contribution is 7.12. The van der Waals surface area contributed by atoms with Crippen LogP contribution in [-0.2, 0) is 0 Å². The first kappa shape index (κ1) is 16.5. The molecule has 0 spiro atoms. The van der Waals surface area contributed by atoms with E-state index in [4.69, 9.17) is 5.11 Å². The molecular weight excluding hydrogens is 291 g/mol. The molecule has 1 N–H and O–H groups in total. The molecule has 3 nitrogen and oxygen atoms in total. The average molecular weight is 305 g/mol. The van der Waals surface area contributed by atoms with Gasteiger partial charge in [-0.05, 0) is 18.4 Å². The summed E-state index contributed by atoms with van der Waals surface area (Å²) in [6, 6.07) is 1.59. The van der Waals surface area contributed by atoms with Crippen molar-refractivity contribution in [2.75, 3.05) is 19.7 Å². The number of carbonyl (C=O) groups excluding carboxylic acids is 1. The maximum Gasteiger partial charge on any atom is 0.406 e. The quantitative estimate of drug-likeness (QED) is 0.868. The van der Waals surface area contributed by atoms with Crippen molar-refractivity contribution in [2.45, 2.75) is 19.5 Å². The topological polar surface area (TPSA) is 40.5 Å². The standard InChI is InChI=1S/C13H14F3NO2S/c1-2-17(9-13(14,15)16)12(19)11-10(6-8-20-11)5-3-4-7-18/h6,8,18H,2,4,7,9H2,1H3. The van der Waals surface area contributed by atoms with Gasteiger partial charge in [0.25, 0.3) is 5.91 Å². The van der Waals surface area contributed by atoms with E-state index >= 15 is 0 Å². The maximum absolute atomic E-state index is 12.4. The number of nitrogens with zero attached hydrogens (tertiary/aromatic N) is 1. The Bertz CT molecular complexity index is 514. The summed E-state index contributed by atoms with van der Waals surface area (Å²) >= 11 is 1.06. The second-order valence-corrected chi connectivity index (χ2v) is 4.79. The van der Waals surface area contributed by atoms with Crippen LogP contribution in [0.5, 0.6) is 0 Å². The molecule has 1 aromatic rings. The van der Waals surface area contributed by atoms with Crippen LogP contribution in [0.15, 0.2) is 11.4 Å². The van der Waals surface area contributed by atoms with E-state index in [9.17, 15) is 18.0 Å². The predicted octanol–water partition coefficient (Wildman–Crippen LogP) is 2.51. The van der Waals surface area contributed by atoms with Gasteiger partial charge in [0.05, 0.1) is 6.61 Å². The van der Waals surface area contributed by atoms with E-state index in [0.29, 0.717) is 5.56 Å². The van der Waals surface area contributed by atoms with Crippen molar-refractivity contribution in [3.05, 3.63) is 21.9 Å². The van der Waals surface area contributed by atoms with Gasteiger partial charge in [0.15, 0.2) is 0 Å². The maximum atomic E-state index is 12.4. The third kappa shape index (κ3) is 4.87. The predicted molar refractivity (Wildman–Crippen MR) is 70.5 cm³/mol. The number of amides is 1. The molecule has 0 aromatic carbocycles. The van der Waals surface area contributed by atoms with Crippen LogP contribution >= 0.6 is 11.3 Å². The lowest BCUT2D eigenvalue weighted by Crippen LogP contribution is -2.38. The fourth-order valence-electron chi connectivity index (χ4n) is 1.47. The number of alkyl halides is 3. The van der Waals surface area contributed by atoms with Crippen LogP contribution in [0.4, 0.5) is 13.2 Å². The molecule has 0 fully saturated rings. The molecule has 1 aromatic heterocycles. The summed E-state index contributed by atoms with van der Waals surface area (Å²) in [6.07, 6.45) is -4.17. The smallest absolute Gasteiger partial charge is 0.395 e. The van der Waals surface area contributed by atoms with E-state index in [2.05, 4.69) is 11.8 Å². The molecule has 0 saturated carbocycles. The molecule has 0 aliphatic heterocycles. The molecule has 7 heteroatoms. The van der Waals surface area contributed by atoms with Crippen molar-refractivity contribution in [1.82, 2.24) is 4.90 Å². The fourth-order valence-corrected chi connectivity index (χ4v) is 2.29. The third-order valence-corrected chi connectivity index (χ3v) is 3.26. The summed E-state index contributed by atoms with van der Waals surface area (Å²) in [7, 11) is 0. The molecule has 1 amide bonds. The van der Waals surface area contributed by atoms with Crippen LogP contribution in [0.25, 0.3) is 0 Å². The van der Waals surface area contributed by atoms with Gasteiger partial charge in [-0.25, -0.2) is 0 Å². The largest absolute Gasteiger partial charge is 0.406 e. The second-order valence-electron chi connectivity index (χ2n) is 3.87. The number of hydrogen-bond donors (Lipinski definition) is 1. The van der Waals surface area contributed by atoms with Gasteiger partial charge < -0.3 is 10.0 Å². The number of thiophene rings is 1. The number of aliphatic hydroxyl groups excluding tert-OH is 1. The lowest BCUT2D eigenvalue weighted by atomic mass is 10.2. The van der Waals surface area contributed by atoms with Gasteiger partial charge in [-0.2, -0.15) is 13.2 Å². The van der Waals surface area contributed by atoms with Crippen molar-refractivity contribution in [3.63, 3.8) is 0 Å². The first-order valence-electron chi connectivity index (χ1n) is 5.92. The van der Waals surface area contributed by atoms with E-state index in [1.165, 1.54) is 6.92 Å². The summed E-state index contributed by atoms with van der Waals surface area (Å²) in [6.45, 7) is 0.0907.